The van der Waals surface area contributed by atoms with E-state index in [1.165, 1.54) is 6.07 Å². The summed E-state index contributed by atoms with van der Waals surface area (Å²) in [6, 6.07) is 2.75. The van der Waals surface area contributed by atoms with Crippen LogP contribution in [0.4, 0.5) is 4.39 Å². The highest BCUT2D eigenvalue weighted by Gasteiger charge is 2.20. The van der Waals surface area contributed by atoms with Gasteiger partial charge in [0.25, 0.3) is 0 Å². The lowest BCUT2D eigenvalue weighted by molar-refractivity contribution is 0.260. The molecule has 1 aromatic carbocycles. The molecule has 14 heavy (non-hydrogen) atoms. The van der Waals surface area contributed by atoms with E-state index >= 15 is 0 Å². The van der Waals surface area contributed by atoms with Gasteiger partial charge in [0.15, 0.2) is 0 Å². The smallest absolute Gasteiger partial charge is 0.132 e. The summed E-state index contributed by atoms with van der Waals surface area (Å²) in [7, 11) is 0. The lowest BCUT2D eigenvalue weighted by Gasteiger charge is -2.23. The number of aliphatic hydroxyl groups is 1. The van der Waals surface area contributed by atoms with Gasteiger partial charge in [0, 0.05) is 29.7 Å². The molecule has 0 radical (unpaired) electrons. The SMILES string of the molecule is N[C@H]1CCOc2cc(F)c(CO)cc21. The molecule has 0 amide bonds. The highest BCUT2D eigenvalue weighted by molar-refractivity contribution is 5.41. The average molecular weight is 197 g/mol. The molecule has 0 saturated carbocycles. The minimum absolute atomic E-state index is 0.121. The van der Waals surface area contributed by atoms with Gasteiger partial charge in [0.2, 0.25) is 0 Å². The molecule has 0 bridgehead atoms. The molecule has 1 aromatic rings. The molecule has 1 atom stereocenters. The number of benzene rings is 1. The third-order valence-electron chi connectivity index (χ3n) is 2.44. The first kappa shape index (κ1) is 9.43. The van der Waals surface area contributed by atoms with Gasteiger partial charge in [0.05, 0.1) is 13.2 Å². The van der Waals surface area contributed by atoms with E-state index in [4.69, 9.17) is 15.6 Å². The third kappa shape index (κ3) is 1.47. The second kappa shape index (κ2) is 3.55. The Morgan fingerprint density at radius 3 is 3.07 bits per heavy atom. The zero-order valence-corrected chi connectivity index (χ0v) is 7.66. The zero-order chi connectivity index (χ0) is 10.1. The van der Waals surface area contributed by atoms with Crippen LogP contribution in [-0.4, -0.2) is 11.7 Å². The molecule has 1 aliphatic rings. The molecule has 1 aliphatic heterocycles. The van der Waals surface area contributed by atoms with Crippen LogP contribution < -0.4 is 10.5 Å². The average Bonchev–Trinajstić information content (AvgIpc) is 2.17. The van der Waals surface area contributed by atoms with Crippen LogP contribution in [0.15, 0.2) is 12.1 Å². The molecule has 1 heterocycles. The predicted molar refractivity (Wildman–Crippen MR) is 49.4 cm³/mol. The molecule has 76 valence electrons. The Balaban J connectivity index is 2.49. The van der Waals surface area contributed by atoms with Crippen molar-refractivity contribution in [3.8, 4) is 5.75 Å². The van der Waals surface area contributed by atoms with E-state index in [9.17, 15) is 4.39 Å². The van der Waals surface area contributed by atoms with Crippen LogP contribution in [0.2, 0.25) is 0 Å². The van der Waals surface area contributed by atoms with Crippen molar-refractivity contribution in [3.63, 3.8) is 0 Å². The van der Waals surface area contributed by atoms with Gasteiger partial charge in [0.1, 0.15) is 11.6 Å². The molecule has 0 aromatic heterocycles. The van der Waals surface area contributed by atoms with Crippen molar-refractivity contribution in [1.29, 1.82) is 0 Å². The number of ether oxygens (including phenoxy) is 1. The zero-order valence-electron chi connectivity index (χ0n) is 7.66. The standard InChI is InChI=1S/C10H12FNO2/c11-8-4-10-7(3-6(8)5-13)9(12)1-2-14-10/h3-4,9,13H,1-2,5,12H2/t9-/m0/s1. The van der Waals surface area contributed by atoms with Gasteiger partial charge in [-0.3, -0.25) is 0 Å². The molecule has 0 saturated heterocycles. The second-order valence-corrected chi connectivity index (χ2v) is 3.38. The Morgan fingerprint density at radius 2 is 2.36 bits per heavy atom. The number of rotatable bonds is 1. The molecule has 3 nitrogen and oxygen atoms in total. The molecule has 4 heteroatoms. The molecule has 3 N–H and O–H groups in total. The number of fused-ring (bicyclic) bond motifs is 1. The van der Waals surface area contributed by atoms with Crippen LogP contribution in [0, 0.1) is 5.82 Å². The van der Waals surface area contributed by atoms with E-state index in [0.717, 1.165) is 12.0 Å². The van der Waals surface area contributed by atoms with Gasteiger partial charge in [-0.1, -0.05) is 0 Å². The number of hydrogen-bond donors (Lipinski definition) is 2. The molecule has 0 unspecified atom stereocenters. The number of nitrogens with two attached hydrogens (primary N) is 1. The van der Waals surface area contributed by atoms with Crippen LogP contribution >= 0.6 is 0 Å². The molecule has 0 aliphatic carbocycles. The first-order valence-electron chi connectivity index (χ1n) is 4.54. The van der Waals surface area contributed by atoms with E-state index in [0.29, 0.717) is 12.4 Å². The Bertz CT molecular complexity index is 354. The first-order chi connectivity index (χ1) is 6.72. The van der Waals surface area contributed by atoms with Gasteiger partial charge in [-0.2, -0.15) is 0 Å². The fourth-order valence-corrected chi connectivity index (χ4v) is 1.61. The lowest BCUT2D eigenvalue weighted by atomic mass is 9.99. The van der Waals surface area contributed by atoms with Gasteiger partial charge in [-0.25, -0.2) is 4.39 Å². The Morgan fingerprint density at radius 1 is 1.57 bits per heavy atom. The molecule has 0 fully saturated rings. The van der Waals surface area contributed by atoms with E-state index in [1.807, 2.05) is 0 Å². The normalized spacial score (nSPS) is 20.1. The fraction of sp³-hybridized carbons (Fsp3) is 0.400. The van der Waals surface area contributed by atoms with Crippen LogP contribution in [0.1, 0.15) is 23.6 Å². The van der Waals surface area contributed by atoms with E-state index in [2.05, 4.69) is 0 Å². The summed E-state index contributed by atoms with van der Waals surface area (Å²) in [6.07, 6.45) is 0.726. The van der Waals surface area contributed by atoms with Gasteiger partial charge >= 0.3 is 0 Å². The quantitative estimate of drug-likeness (QED) is 0.708. The van der Waals surface area contributed by atoms with Crippen molar-refractivity contribution in [2.24, 2.45) is 5.73 Å². The Labute approximate surface area is 81.3 Å². The molecular weight excluding hydrogens is 185 g/mol. The summed E-state index contributed by atoms with van der Waals surface area (Å²) in [4.78, 5) is 0. The summed E-state index contributed by atoms with van der Waals surface area (Å²) in [5.41, 5.74) is 6.88. The number of hydrogen-bond acceptors (Lipinski definition) is 3. The van der Waals surface area contributed by atoms with E-state index in [1.54, 1.807) is 6.07 Å². The predicted octanol–water partition coefficient (Wildman–Crippen LogP) is 1.10. The highest BCUT2D eigenvalue weighted by atomic mass is 19.1. The topological polar surface area (TPSA) is 55.5 Å². The Kier molecular flexibility index (Phi) is 2.39. The van der Waals surface area contributed by atoms with Crippen LogP contribution in [0.25, 0.3) is 0 Å². The summed E-state index contributed by atoms with van der Waals surface area (Å²) >= 11 is 0. The molecular formula is C10H12FNO2. The number of halogens is 1. The minimum atomic E-state index is -0.444. The van der Waals surface area contributed by atoms with Crippen LogP contribution in [0.5, 0.6) is 5.75 Å². The monoisotopic (exact) mass is 197 g/mol. The Hall–Kier alpha value is -1.13. The molecule has 0 spiro atoms. The van der Waals surface area contributed by atoms with Gasteiger partial charge < -0.3 is 15.6 Å². The first-order valence-corrected chi connectivity index (χ1v) is 4.54. The van der Waals surface area contributed by atoms with Crippen LogP contribution in [-0.2, 0) is 6.61 Å². The largest absolute Gasteiger partial charge is 0.493 e. The molecule has 2 rings (SSSR count). The third-order valence-corrected chi connectivity index (χ3v) is 2.44. The number of aliphatic hydroxyl groups excluding tert-OH is 1. The van der Waals surface area contributed by atoms with Crippen molar-refractivity contribution in [2.45, 2.75) is 19.1 Å². The van der Waals surface area contributed by atoms with E-state index in [-0.39, 0.29) is 18.2 Å². The van der Waals surface area contributed by atoms with Crippen molar-refractivity contribution in [2.75, 3.05) is 6.61 Å². The van der Waals surface area contributed by atoms with Crippen LogP contribution in [0.3, 0.4) is 0 Å². The fourth-order valence-electron chi connectivity index (χ4n) is 1.61. The lowest BCUT2D eigenvalue weighted by Crippen LogP contribution is -2.21. The maximum Gasteiger partial charge on any atom is 0.132 e. The minimum Gasteiger partial charge on any atom is -0.493 e. The van der Waals surface area contributed by atoms with Crippen molar-refractivity contribution >= 4 is 0 Å². The second-order valence-electron chi connectivity index (χ2n) is 3.38. The summed E-state index contributed by atoms with van der Waals surface area (Å²) in [5, 5.41) is 8.88. The van der Waals surface area contributed by atoms with Crippen molar-refractivity contribution in [3.05, 3.63) is 29.1 Å². The van der Waals surface area contributed by atoms with Gasteiger partial charge in [-0.15, -0.1) is 0 Å². The van der Waals surface area contributed by atoms with E-state index < -0.39 is 5.82 Å². The summed E-state index contributed by atoms with van der Waals surface area (Å²) < 4.78 is 18.5. The maximum atomic E-state index is 13.2. The highest BCUT2D eigenvalue weighted by Crippen LogP contribution is 2.32. The summed E-state index contributed by atoms with van der Waals surface area (Å²) in [5.74, 6) is 0.0544. The summed E-state index contributed by atoms with van der Waals surface area (Å²) in [6.45, 7) is 0.206. The van der Waals surface area contributed by atoms with Crippen molar-refractivity contribution < 1.29 is 14.2 Å². The van der Waals surface area contributed by atoms with Gasteiger partial charge in [-0.05, 0) is 6.07 Å². The maximum absolute atomic E-state index is 13.2. The van der Waals surface area contributed by atoms with Crippen molar-refractivity contribution in [1.82, 2.24) is 0 Å².